The lowest BCUT2D eigenvalue weighted by molar-refractivity contribution is -0.137. The van der Waals surface area contributed by atoms with E-state index in [-0.39, 0.29) is 30.3 Å². The van der Waals surface area contributed by atoms with E-state index in [4.69, 9.17) is 0 Å². The van der Waals surface area contributed by atoms with Crippen molar-refractivity contribution in [2.75, 3.05) is 0 Å². The van der Waals surface area contributed by atoms with Crippen molar-refractivity contribution in [1.29, 1.82) is 0 Å². The second-order valence-corrected chi connectivity index (χ2v) is 8.42. The molecule has 0 aliphatic carbocycles. The van der Waals surface area contributed by atoms with E-state index in [0.717, 1.165) is 17.7 Å². The largest absolute Gasteiger partial charge is 0.416 e. The number of aromatic nitrogens is 3. The highest BCUT2D eigenvalue weighted by atomic mass is 19.4. The monoisotopic (exact) mass is 504 g/mol. The minimum absolute atomic E-state index is 0.139. The van der Waals surface area contributed by atoms with Gasteiger partial charge in [-0.15, -0.1) is 0 Å². The van der Waals surface area contributed by atoms with Gasteiger partial charge in [0, 0.05) is 25.0 Å². The minimum Gasteiger partial charge on any atom is -0.328 e. The molecule has 6 nitrogen and oxygen atoms in total. The third-order valence-electron chi connectivity index (χ3n) is 5.90. The molecule has 37 heavy (non-hydrogen) atoms. The Bertz CT molecular complexity index is 1540. The van der Waals surface area contributed by atoms with Gasteiger partial charge in [-0.05, 0) is 55.3 Å². The molecule has 0 fully saturated rings. The van der Waals surface area contributed by atoms with Gasteiger partial charge >= 0.3 is 6.18 Å². The summed E-state index contributed by atoms with van der Waals surface area (Å²) in [5, 5.41) is 0.399. The van der Waals surface area contributed by atoms with Crippen LogP contribution >= 0.6 is 0 Å². The van der Waals surface area contributed by atoms with E-state index in [1.807, 2.05) is 6.07 Å². The van der Waals surface area contributed by atoms with Crippen molar-refractivity contribution in [2.45, 2.75) is 39.0 Å². The highest BCUT2D eigenvalue weighted by Gasteiger charge is 2.30. The summed E-state index contributed by atoms with van der Waals surface area (Å²) in [7, 11) is 0. The van der Waals surface area contributed by atoms with Crippen LogP contribution in [0.4, 0.5) is 13.2 Å². The van der Waals surface area contributed by atoms with E-state index < -0.39 is 17.8 Å². The highest BCUT2D eigenvalue weighted by Crippen LogP contribution is 2.29. The quantitative estimate of drug-likeness (QED) is 0.348. The van der Waals surface area contributed by atoms with Crippen LogP contribution in [0.5, 0.6) is 0 Å². The molecule has 0 aliphatic rings. The van der Waals surface area contributed by atoms with Gasteiger partial charge in [-0.2, -0.15) is 13.2 Å². The SMILES string of the molecule is CC#Cn1c([C@@H](C)N(Cc2cccnc2)C(=O)Cc2ccc(C(F)(F)F)cc2)nc2ccccc2c1=O. The van der Waals surface area contributed by atoms with E-state index in [9.17, 15) is 22.8 Å². The fourth-order valence-electron chi connectivity index (χ4n) is 4.01. The normalized spacial score (nSPS) is 12.0. The minimum atomic E-state index is -4.46. The maximum Gasteiger partial charge on any atom is 0.416 e. The first-order valence-corrected chi connectivity index (χ1v) is 11.5. The van der Waals surface area contributed by atoms with E-state index in [1.54, 1.807) is 56.6 Å². The zero-order valence-corrected chi connectivity index (χ0v) is 20.2. The van der Waals surface area contributed by atoms with E-state index in [1.165, 1.54) is 21.6 Å². The number of pyridine rings is 1. The fourth-order valence-corrected chi connectivity index (χ4v) is 4.01. The Morgan fingerprint density at radius 1 is 1.05 bits per heavy atom. The van der Waals surface area contributed by atoms with E-state index in [2.05, 4.69) is 21.9 Å². The number of carbonyl (C=O) groups is 1. The summed E-state index contributed by atoms with van der Waals surface area (Å²) >= 11 is 0. The number of fused-ring (bicyclic) bond motifs is 1. The van der Waals surface area contributed by atoms with Gasteiger partial charge in [-0.3, -0.25) is 14.6 Å². The van der Waals surface area contributed by atoms with Crippen molar-refractivity contribution in [2.24, 2.45) is 0 Å². The summed E-state index contributed by atoms with van der Waals surface area (Å²) in [4.78, 5) is 37.1. The molecular weight excluding hydrogens is 481 g/mol. The number of nitrogens with zero attached hydrogens (tertiary/aromatic N) is 4. The lowest BCUT2D eigenvalue weighted by Crippen LogP contribution is -2.37. The molecule has 2 aromatic carbocycles. The average Bonchev–Trinajstić information content (AvgIpc) is 2.89. The topological polar surface area (TPSA) is 68.1 Å². The van der Waals surface area contributed by atoms with Gasteiger partial charge in [-0.25, -0.2) is 9.55 Å². The van der Waals surface area contributed by atoms with Gasteiger partial charge in [-0.1, -0.05) is 36.3 Å². The molecular formula is C28H23F3N4O2. The number of amides is 1. The van der Waals surface area contributed by atoms with Crippen LogP contribution in [0.15, 0.2) is 77.9 Å². The summed E-state index contributed by atoms with van der Waals surface area (Å²) in [5.74, 6) is 2.66. The summed E-state index contributed by atoms with van der Waals surface area (Å²) in [6.45, 7) is 3.49. The third-order valence-corrected chi connectivity index (χ3v) is 5.90. The zero-order chi connectivity index (χ0) is 26.6. The number of benzene rings is 2. The molecule has 4 rings (SSSR count). The molecule has 0 unspecified atom stereocenters. The Hall–Kier alpha value is -4.45. The molecule has 0 bridgehead atoms. The smallest absolute Gasteiger partial charge is 0.328 e. The number of halogens is 3. The second kappa shape index (κ2) is 10.7. The Labute approximate surface area is 211 Å². The number of hydrogen-bond donors (Lipinski definition) is 0. The molecule has 2 heterocycles. The van der Waals surface area contributed by atoms with Crippen molar-refractivity contribution in [1.82, 2.24) is 19.4 Å². The summed E-state index contributed by atoms with van der Waals surface area (Å²) in [6.07, 6.45) is -1.37. The van der Waals surface area contributed by atoms with Gasteiger partial charge in [0.1, 0.15) is 5.82 Å². The third kappa shape index (κ3) is 5.70. The van der Waals surface area contributed by atoms with Crippen LogP contribution in [0.25, 0.3) is 10.9 Å². The summed E-state index contributed by atoms with van der Waals surface area (Å²) in [5.41, 5.74) is 0.509. The molecule has 1 atom stereocenters. The Morgan fingerprint density at radius 2 is 1.78 bits per heavy atom. The van der Waals surface area contributed by atoms with Crippen molar-refractivity contribution in [3.05, 3.63) is 106 Å². The number of rotatable bonds is 6. The van der Waals surface area contributed by atoms with Crippen molar-refractivity contribution in [3.8, 4) is 12.0 Å². The van der Waals surface area contributed by atoms with E-state index >= 15 is 0 Å². The average molecular weight is 505 g/mol. The second-order valence-electron chi connectivity index (χ2n) is 8.42. The Kier molecular flexibility index (Phi) is 7.39. The van der Waals surface area contributed by atoms with Crippen LogP contribution in [0.2, 0.25) is 0 Å². The molecule has 188 valence electrons. The highest BCUT2D eigenvalue weighted by molar-refractivity contribution is 5.80. The predicted molar refractivity (Wildman–Crippen MR) is 133 cm³/mol. The molecule has 0 N–H and O–H groups in total. The number of para-hydroxylation sites is 1. The fraction of sp³-hybridized carbons (Fsp3) is 0.214. The lowest BCUT2D eigenvalue weighted by Gasteiger charge is -2.30. The number of carbonyl (C=O) groups excluding carboxylic acids is 1. The van der Waals surface area contributed by atoms with Crippen LogP contribution in [-0.2, 0) is 23.9 Å². The molecule has 9 heteroatoms. The molecule has 0 saturated heterocycles. The molecule has 1 amide bonds. The van der Waals surface area contributed by atoms with Gasteiger partial charge in [0.15, 0.2) is 0 Å². The van der Waals surface area contributed by atoms with Crippen molar-refractivity contribution < 1.29 is 18.0 Å². The van der Waals surface area contributed by atoms with Gasteiger partial charge in [0.2, 0.25) is 5.91 Å². The van der Waals surface area contributed by atoms with Gasteiger partial charge < -0.3 is 4.90 Å². The standard InChI is InChI=1S/C28H23F3N4O2/c1-3-15-34-26(33-24-9-5-4-8-23(24)27(34)37)19(2)35(18-21-7-6-14-32-17-21)25(36)16-20-10-12-22(13-11-20)28(29,30)31/h4-14,17,19H,16,18H2,1-2H3/t19-/m1/s1. The molecule has 0 spiro atoms. The predicted octanol–water partition coefficient (Wildman–Crippen LogP) is 4.97. The van der Waals surface area contributed by atoms with E-state index in [0.29, 0.717) is 16.5 Å². The number of alkyl halides is 3. The first kappa shape index (κ1) is 25.6. The summed E-state index contributed by atoms with van der Waals surface area (Å²) < 4.78 is 40.1. The van der Waals surface area contributed by atoms with Gasteiger partial charge in [0.25, 0.3) is 5.56 Å². The molecule has 4 aromatic rings. The van der Waals surface area contributed by atoms with Crippen LogP contribution < -0.4 is 5.56 Å². The first-order chi connectivity index (χ1) is 17.7. The molecule has 0 aliphatic heterocycles. The zero-order valence-electron chi connectivity index (χ0n) is 20.2. The van der Waals surface area contributed by atoms with Crippen LogP contribution in [0.1, 0.15) is 42.4 Å². The lowest BCUT2D eigenvalue weighted by atomic mass is 10.1. The molecule has 2 aromatic heterocycles. The maximum absolute atomic E-state index is 13.6. The Morgan fingerprint density at radius 3 is 2.43 bits per heavy atom. The van der Waals surface area contributed by atoms with Crippen molar-refractivity contribution >= 4 is 16.8 Å². The molecule has 0 radical (unpaired) electrons. The maximum atomic E-state index is 13.6. The summed E-state index contributed by atoms with van der Waals surface area (Å²) in [6, 6.07) is 17.0. The first-order valence-electron chi connectivity index (χ1n) is 11.5. The Balaban J connectivity index is 1.75. The van der Waals surface area contributed by atoms with Crippen LogP contribution in [0.3, 0.4) is 0 Å². The van der Waals surface area contributed by atoms with Crippen LogP contribution in [-0.4, -0.2) is 25.3 Å². The van der Waals surface area contributed by atoms with Crippen LogP contribution in [0, 0.1) is 12.0 Å². The number of hydrogen-bond acceptors (Lipinski definition) is 4. The molecule has 0 saturated carbocycles. The van der Waals surface area contributed by atoms with Crippen molar-refractivity contribution in [3.63, 3.8) is 0 Å². The van der Waals surface area contributed by atoms with Gasteiger partial charge in [0.05, 0.1) is 28.9 Å².